The van der Waals surface area contributed by atoms with E-state index in [9.17, 15) is 0 Å². The van der Waals surface area contributed by atoms with Crippen LogP contribution in [0, 0.1) is 0 Å². The first-order valence-electron chi connectivity index (χ1n) is 8.51. The number of nitrogens with zero attached hydrogens (tertiary/aromatic N) is 5. The second-order valence-corrected chi connectivity index (χ2v) is 6.61. The van der Waals surface area contributed by atoms with Crippen molar-refractivity contribution < 1.29 is 4.42 Å². The summed E-state index contributed by atoms with van der Waals surface area (Å²) in [5.74, 6) is 4.49. The van der Waals surface area contributed by atoms with Gasteiger partial charge in [0.15, 0.2) is 0 Å². The van der Waals surface area contributed by atoms with Crippen LogP contribution in [0.15, 0.2) is 40.9 Å². The highest BCUT2D eigenvalue weighted by atomic mass is 16.4. The molecule has 1 saturated carbocycles. The SMILES string of the molecule is c1ccc(-c2ncc(CN3CCn4c(nnc4C4CC4)C3)o2)cc1. The van der Waals surface area contributed by atoms with Gasteiger partial charge in [0.1, 0.15) is 17.4 Å². The van der Waals surface area contributed by atoms with E-state index in [-0.39, 0.29) is 0 Å². The van der Waals surface area contributed by atoms with Crippen LogP contribution in [0.3, 0.4) is 0 Å². The average molecular weight is 321 g/mol. The van der Waals surface area contributed by atoms with E-state index in [1.165, 1.54) is 18.7 Å². The number of benzene rings is 1. The van der Waals surface area contributed by atoms with Gasteiger partial charge < -0.3 is 8.98 Å². The van der Waals surface area contributed by atoms with Crippen molar-refractivity contribution in [2.45, 2.75) is 38.4 Å². The minimum Gasteiger partial charge on any atom is -0.440 e. The molecular formula is C18H19N5O. The lowest BCUT2D eigenvalue weighted by Crippen LogP contribution is -2.33. The Balaban J connectivity index is 1.30. The third-order valence-corrected chi connectivity index (χ3v) is 4.76. The van der Waals surface area contributed by atoms with Crippen molar-refractivity contribution in [3.05, 3.63) is 53.9 Å². The molecule has 0 bridgehead atoms. The highest BCUT2D eigenvalue weighted by Crippen LogP contribution is 2.39. The van der Waals surface area contributed by atoms with Crippen LogP contribution in [-0.4, -0.2) is 31.2 Å². The van der Waals surface area contributed by atoms with E-state index in [0.29, 0.717) is 11.8 Å². The van der Waals surface area contributed by atoms with E-state index >= 15 is 0 Å². The summed E-state index contributed by atoms with van der Waals surface area (Å²) in [5.41, 5.74) is 1.01. The zero-order valence-corrected chi connectivity index (χ0v) is 13.4. The average Bonchev–Trinajstić information content (AvgIpc) is 3.21. The molecule has 1 fully saturated rings. The van der Waals surface area contributed by atoms with Crippen molar-refractivity contribution in [3.8, 4) is 11.5 Å². The van der Waals surface area contributed by atoms with Gasteiger partial charge >= 0.3 is 0 Å². The molecule has 6 heteroatoms. The van der Waals surface area contributed by atoms with Gasteiger partial charge in [-0.1, -0.05) is 18.2 Å². The lowest BCUT2D eigenvalue weighted by Gasteiger charge is -2.26. The summed E-state index contributed by atoms with van der Waals surface area (Å²) in [4.78, 5) is 6.75. The first kappa shape index (κ1) is 13.9. The molecule has 2 aliphatic rings. The van der Waals surface area contributed by atoms with Crippen molar-refractivity contribution in [1.82, 2.24) is 24.6 Å². The first-order chi connectivity index (χ1) is 11.9. The summed E-state index contributed by atoms with van der Waals surface area (Å²) in [5, 5.41) is 8.78. The fourth-order valence-corrected chi connectivity index (χ4v) is 3.32. The summed E-state index contributed by atoms with van der Waals surface area (Å²) in [6.07, 6.45) is 4.36. The summed E-state index contributed by atoms with van der Waals surface area (Å²) < 4.78 is 8.23. The monoisotopic (exact) mass is 321 g/mol. The fraction of sp³-hybridized carbons (Fsp3) is 0.389. The molecule has 0 spiro atoms. The van der Waals surface area contributed by atoms with Crippen molar-refractivity contribution >= 4 is 0 Å². The Morgan fingerprint density at radius 1 is 1.08 bits per heavy atom. The minimum absolute atomic E-state index is 0.653. The van der Waals surface area contributed by atoms with Crippen LogP contribution >= 0.6 is 0 Å². The second-order valence-electron chi connectivity index (χ2n) is 6.61. The standard InChI is InChI=1S/C18H19N5O/c1-2-4-14(5-3-1)18-19-10-15(24-18)11-22-8-9-23-16(12-22)20-21-17(23)13-6-7-13/h1-5,10,13H,6-9,11-12H2. The molecular weight excluding hydrogens is 302 g/mol. The number of aromatic nitrogens is 4. The molecule has 1 aromatic carbocycles. The Morgan fingerprint density at radius 3 is 2.79 bits per heavy atom. The largest absolute Gasteiger partial charge is 0.440 e. The number of hydrogen-bond acceptors (Lipinski definition) is 5. The Kier molecular flexibility index (Phi) is 3.23. The Labute approximate surface area is 140 Å². The topological polar surface area (TPSA) is 60.0 Å². The van der Waals surface area contributed by atoms with E-state index in [0.717, 1.165) is 43.3 Å². The number of rotatable bonds is 4. The third-order valence-electron chi connectivity index (χ3n) is 4.76. The van der Waals surface area contributed by atoms with Gasteiger partial charge in [-0.05, 0) is 25.0 Å². The molecule has 0 saturated heterocycles. The van der Waals surface area contributed by atoms with Gasteiger partial charge in [0.25, 0.3) is 0 Å². The molecule has 0 N–H and O–H groups in total. The normalized spacial score (nSPS) is 17.8. The quantitative estimate of drug-likeness (QED) is 0.739. The number of fused-ring (bicyclic) bond motifs is 1. The van der Waals surface area contributed by atoms with Crippen molar-refractivity contribution in [2.24, 2.45) is 0 Å². The molecule has 5 rings (SSSR count). The first-order valence-corrected chi connectivity index (χ1v) is 8.51. The van der Waals surface area contributed by atoms with Gasteiger partial charge in [-0.3, -0.25) is 4.90 Å². The maximum atomic E-state index is 5.92. The smallest absolute Gasteiger partial charge is 0.226 e. The highest BCUT2D eigenvalue weighted by molar-refractivity contribution is 5.52. The summed E-state index contributed by atoms with van der Waals surface area (Å²) >= 11 is 0. The Hall–Kier alpha value is -2.47. The van der Waals surface area contributed by atoms with Crippen molar-refractivity contribution in [3.63, 3.8) is 0 Å². The summed E-state index contributed by atoms with van der Waals surface area (Å²) in [6.45, 7) is 3.53. The summed E-state index contributed by atoms with van der Waals surface area (Å²) in [7, 11) is 0. The molecule has 1 aliphatic heterocycles. The molecule has 0 atom stereocenters. The molecule has 3 heterocycles. The van der Waals surface area contributed by atoms with Gasteiger partial charge in [0.05, 0.1) is 19.3 Å². The van der Waals surface area contributed by atoms with Crippen LogP contribution in [0.4, 0.5) is 0 Å². The van der Waals surface area contributed by atoms with Crippen LogP contribution in [0.1, 0.15) is 36.2 Å². The Bertz CT molecular complexity index is 849. The molecule has 0 unspecified atom stereocenters. The molecule has 0 amide bonds. The summed E-state index contributed by atoms with van der Waals surface area (Å²) in [6, 6.07) is 10.0. The predicted molar refractivity (Wildman–Crippen MR) is 88.1 cm³/mol. The van der Waals surface area contributed by atoms with Gasteiger partial charge in [-0.15, -0.1) is 10.2 Å². The van der Waals surface area contributed by atoms with Gasteiger partial charge in [-0.25, -0.2) is 4.98 Å². The van der Waals surface area contributed by atoms with E-state index in [1.807, 2.05) is 36.5 Å². The van der Waals surface area contributed by atoms with Crippen LogP contribution in [-0.2, 0) is 19.6 Å². The third kappa shape index (κ3) is 2.53. The Morgan fingerprint density at radius 2 is 1.96 bits per heavy atom. The predicted octanol–water partition coefficient (Wildman–Crippen LogP) is 2.83. The van der Waals surface area contributed by atoms with E-state index < -0.39 is 0 Å². The van der Waals surface area contributed by atoms with E-state index in [4.69, 9.17) is 4.42 Å². The number of hydrogen-bond donors (Lipinski definition) is 0. The van der Waals surface area contributed by atoms with E-state index in [2.05, 4.69) is 24.6 Å². The second kappa shape index (κ2) is 5.56. The highest BCUT2D eigenvalue weighted by Gasteiger charge is 2.32. The minimum atomic E-state index is 0.653. The molecule has 0 radical (unpaired) electrons. The molecule has 3 aromatic rings. The lowest BCUT2D eigenvalue weighted by molar-refractivity contribution is 0.193. The lowest BCUT2D eigenvalue weighted by atomic mass is 10.2. The van der Waals surface area contributed by atoms with Gasteiger partial charge in [0, 0.05) is 24.6 Å². The van der Waals surface area contributed by atoms with Gasteiger partial charge in [-0.2, -0.15) is 0 Å². The molecule has 1 aliphatic carbocycles. The van der Waals surface area contributed by atoms with Crippen molar-refractivity contribution in [1.29, 1.82) is 0 Å². The fourth-order valence-electron chi connectivity index (χ4n) is 3.32. The van der Waals surface area contributed by atoms with Crippen molar-refractivity contribution in [2.75, 3.05) is 6.54 Å². The number of oxazole rings is 1. The van der Waals surface area contributed by atoms with Crippen LogP contribution < -0.4 is 0 Å². The molecule has 2 aromatic heterocycles. The van der Waals surface area contributed by atoms with Gasteiger partial charge in [0.2, 0.25) is 5.89 Å². The molecule has 6 nitrogen and oxygen atoms in total. The van der Waals surface area contributed by atoms with Crippen LogP contribution in [0.2, 0.25) is 0 Å². The molecule has 122 valence electrons. The van der Waals surface area contributed by atoms with E-state index in [1.54, 1.807) is 0 Å². The maximum absolute atomic E-state index is 5.92. The zero-order valence-electron chi connectivity index (χ0n) is 13.4. The molecule has 24 heavy (non-hydrogen) atoms. The van der Waals surface area contributed by atoms with Crippen LogP contribution in [0.5, 0.6) is 0 Å². The zero-order chi connectivity index (χ0) is 15.9. The maximum Gasteiger partial charge on any atom is 0.226 e. The van der Waals surface area contributed by atoms with Crippen LogP contribution in [0.25, 0.3) is 11.5 Å².